The highest BCUT2D eigenvalue weighted by molar-refractivity contribution is 6.36. The fourth-order valence-electron chi connectivity index (χ4n) is 3.28. The van der Waals surface area contributed by atoms with E-state index in [9.17, 15) is 0 Å². The van der Waals surface area contributed by atoms with E-state index in [1.165, 1.54) is 0 Å². The number of hydrogen-bond donors (Lipinski definition) is 0. The largest absolute Gasteiger partial charge is 0.359 e. The zero-order valence-electron chi connectivity index (χ0n) is 12.8. The van der Waals surface area contributed by atoms with Gasteiger partial charge in [-0.3, -0.25) is 0 Å². The molecular weight excluding hydrogens is 402 g/mol. The normalized spacial score (nSPS) is 19.2. The zero-order valence-corrected chi connectivity index (χ0v) is 15.9. The predicted octanol–water partition coefficient (Wildman–Crippen LogP) is 5.97. The number of imidazole rings is 1. The maximum Gasteiger partial charge on any atom is 0.138 e. The Morgan fingerprint density at radius 2 is 1.80 bits per heavy atom. The highest BCUT2D eigenvalue weighted by Gasteiger charge is 2.44. The number of hydrogen-bond acceptors (Lipinski definition) is 2. The van der Waals surface area contributed by atoms with Gasteiger partial charge in [0.25, 0.3) is 0 Å². The molecule has 3 nitrogen and oxygen atoms in total. The Labute approximate surface area is 165 Å². The summed E-state index contributed by atoms with van der Waals surface area (Å²) in [5.74, 6) is 0. The highest BCUT2D eigenvalue weighted by Crippen LogP contribution is 2.48. The van der Waals surface area contributed by atoms with E-state index in [0.717, 1.165) is 16.7 Å². The second-order valence-corrected chi connectivity index (χ2v) is 7.58. The Kier molecular flexibility index (Phi) is 4.47. The van der Waals surface area contributed by atoms with Crippen LogP contribution in [0.1, 0.15) is 16.7 Å². The van der Waals surface area contributed by atoms with Gasteiger partial charge in [-0.2, -0.15) is 0 Å². The Morgan fingerprint density at radius 1 is 1.00 bits per heavy atom. The zero-order chi connectivity index (χ0) is 17.6. The van der Waals surface area contributed by atoms with Gasteiger partial charge in [0.2, 0.25) is 0 Å². The molecule has 0 saturated heterocycles. The van der Waals surface area contributed by atoms with Crippen LogP contribution in [0, 0.1) is 0 Å². The smallest absolute Gasteiger partial charge is 0.138 e. The minimum Gasteiger partial charge on any atom is -0.359 e. The van der Waals surface area contributed by atoms with Crippen LogP contribution in [0.15, 0.2) is 49.1 Å². The van der Waals surface area contributed by atoms with Crippen LogP contribution >= 0.6 is 46.4 Å². The van der Waals surface area contributed by atoms with Crippen LogP contribution in [-0.2, 0) is 23.5 Å². The van der Waals surface area contributed by atoms with Gasteiger partial charge in [-0.25, -0.2) is 4.98 Å². The molecule has 3 aromatic rings. The van der Waals surface area contributed by atoms with Gasteiger partial charge < -0.3 is 9.30 Å². The quantitative estimate of drug-likeness (QED) is 0.528. The van der Waals surface area contributed by atoms with E-state index in [0.29, 0.717) is 33.2 Å². The third kappa shape index (κ3) is 2.94. The molecule has 0 bridgehead atoms. The molecule has 1 atom stereocenters. The molecule has 0 aliphatic carbocycles. The summed E-state index contributed by atoms with van der Waals surface area (Å²) in [5, 5.41) is 2.22. The number of fused-ring (bicyclic) bond motifs is 1. The fraction of sp³-hybridized carbons (Fsp3) is 0.167. The van der Waals surface area contributed by atoms with E-state index in [-0.39, 0.29) is 0 Å². The van der Waals surface area contributed by atoms with Crippen molar-refractivity contribution in [3.8, 4) is 0 Å². The number of ether oxygens (including phenoxy) is 1. The second-order valence-electron chi connectivity index (χ2n) is 5.89. The summed E-state index contributed by atoms with van der Waals surface area (Å²) in [7, 11) is 0. The molecule has 4 rings (SSSR count). The third-order valence-electron chi connectivity index (χ3n) is 4.39. The molecule has 0 spiro atoms. The monoisotopic (exact) mass is 412 g/mol. The van der Waals surface area contributed by atoms with Gasteiger partial charge >= 0.3 is 0 Å². The van der Waals surface area contributed by atoms with Crippen molar-refractivity contribution < 1.29 is 4.74 Å². The van der Waals surface area contributed by atoms with E-state index >= 15 is 0 Å². The number of nitrogens with zero attached hydrogens (tertiary/aromatic N) is 2. The Balaban J connectivity index is 1.96. The molecule has 1 aliphatic heterocycles. The first-order chi connectivity index (χ1) is 12.0. The van der Waals surface area contributed by atoms with Crippen LogP contribution in [0.25, 0.3) is 0 Å². The minimum absolute atomic E-state index is 0.374. The topological polar surface area (TPSA) is 27.1 Å². The van der Waals surface area contributed by atoms with E-state index in [1.54, 1.807) is 30.7 Å². The lowest BCUT2D eigenvalue weighted by molar-refractivity contribution is -0.0179. The number of rotatable bonds is 3. The van der Waals surface area contributed by atoms with E-state index in [1.807, 2.05) is 22.9 Å². The predicted molar refractivity (Wildman–Crippen MR) is 101 cm³/mol. The SMILES string of the molecule is Clc1ccc(C2(Cn3ccnc3)OCc3c(Cl)cc(Cl)cc32)c(Cl)c1. The van der Waals surface area contributed by atoms with Gasteiger partial charge in [-0.1, -0.05) is 52.5 Å². The average molecular weight is 414 g/mol. The third-order valence-corrected chi connectivity index (χ3v) is 5.49. The average Bonchev–Trinajstić information content (AvgIpc) is 3.17. The first-order valence-corrected chi connectivity index (χ1v) is 9.04. The van der Waals surface area contributed by atoms with Crippen LogP contribution in [0.2, 0.25) is 20.1 Å². The molecule has 0 radical (unpaired) electrons. The summed E-state index contributed by atoms with van der Waals surface area (Å²) < 4.78 is 8.25. The summed E-state index contributed by atoms with van der Waals surface area (Å²) in [4.78, 5) is 4.12. The van der Waals surface area contributed by atoms with Crippen LogP contribution < -0.4 is 0 Å². The molecule has 0 amide bonds. The van der Waals surface area contributed by atoms with Crippen molar-refractivity contribution in [1.82, 2.24) is 9.55 Å². The molecular formula is C18H12Cl4N2O. The molecule has 25 heavy (non-hydrogen) atoms. The van der Waals surface area contributed by atoms with Crippen molar-refractivity contribution >= 4 is 46.4 Å². The number of benzene rings is 2. The van der Waals surface area contributed by atoms with E-state index in [2.05, 4.69) is 4.98 Å². The van der Waals surface area contributed by atoms with Crippen molar-refractivity contribution in [2.24, 2.45) is 0 Å². The molecule has 128 valence electrons. The second kappa shape index (κ2) is 6.49. The Hall–Kier alpha value is -1.23. The molecule has 1 aromatic heterocycles. The lowest BCUT2D eigenvalue weighted by Gasteiger charge is -2.31. The lowest BCUT2D eigenvalue weighted by atomic mass is 9.85. The van der Waals surface area contributed by atoms with Crippen molar-refractivity contribution in [3.63, 3.8) is 0 Å². The van der Waals surface area contributed by atoms with Crippen LogP contribution in [0.5, 0.6) is 0 Å². The van der Waals surface area contributed by atoms with Crippen LogP contribution in [0.3, 0.4) is 0 Å². The van der Waals surface area contributed by atoms with Gasteiger partial charge in [0.15, 0.2) is 0 Å². The first-order valence-electron chi connectivity index (χ1n) is 7.53. The summed E-state index contributed by atoms with van der Waals surface area (Å²) in [6.45, 7) is 0.858. The van der Waals surface area contributed by atoms with E-state index in [4.69, 9.17) is 51.1 Å². The molecule has 0 N–H and O–H groups in total. The Morgan fingerprint density at radius 3 is 2.52 bits per heavy atom. The first kappa shape index (κ1) is 17.2. The van der Waals surface area contributed by atoms with Gasteiger partial charge in [-0.05, 0) is 29.8 Å². The van der Waals surface area contributed by atoms with Crippen molar-refractivity contribution in [2.75, 3.05) is 0 Å². The number of aromatic nitrogens is 2. The van der Waals surface area contributed by atoms with Crippen molar-refractivity contribution in [3.05, 3.63) is 85.8 Å². The Bertz CT molecular complexity index is 942. The molecule has 2 heterocycles. The summed E-state index contributed by atoms with van der Waals surface area (Å²) in [6.07, 6.45) is 5.33. The van der Waals surface area contributed by atoms with Gasteiger partial charge in [-0.15, -0.1) is 0 Å². The summed E-state index contributed by atoms with van der Waals surface area (Å²) in [5.41, 5.74) is 1.80. The molecule has 2 aromatic carbocycles. The fourth-order valence-corrected chi connectivity index (χ4v) is 4.39. The highest BCUT2D eigenvalue weighted by atomic mass is 35.5. The maximum atomic E-state index is 6.53. The minimum atomic E-state index is -0.827. The van der Waals surface area contributed by atoms with Gasteiger partial charge in [0.1, 0.15) is 5.60 Å². The summed E-state index contributed by atoms with van der Waals surface area (Å²) >= 11 is 25.3. The molecule has 1 unspecified atom stereocenters. The van der Waals surface area contributed by atoms with Crippen molar-refractivity contribution in [1.29, 1.82) is 0 Å². The summed E-state index contributed by atoms with van der Waals surface area (Å²) in [6, 6.07) is 9.00. The lowest BCUT2D eigenvalue weighted by Crippen LogP contribution is -2.32. The molecule has 0 fully saturated rings. The maximum absolute atomic E-state index is 6.53. The molecule has 0 saturated carbocycles. The van der Waals surface area contributed by atoms with Gasteiger partial charge in [0.05, 0.1) is 19.5 Å². The van der Waals surface area contributed by atoms with Crippen LogP contribution in [-0.4, -0.2) is 9.55 Å². The standard InChI is InChI=1S/C18H12Cl4N2O/c19-11-1-2-14(17(22)6-11)18(9-24-4-3-23-10-24)15-5-12(20)7-16(21)13(15)8-25-18/h1-7,10H,8-9H2. The number of halogens is 4. The van der Waals surface area contributed by atoms with Crippen LogP contribution in [0.4, 0.5) is 0 Å². The van der Waals surface area contributed by atoms with E-state index < -0.39 is 5.60 Å². The molecule has 7 heteroatoms. The van der Waals surface area contributed by atoms with Crippen molar-refractivity contribution in [2.45, 2.75) is 18.8 Å². The molecule has 1 aliphatic rings. The van der Waals surface area contributed by atoms with Gasteiger partial charge in [0, 0.05) is 43.6 Å².